The summed E-state index contributed by atoms with van der Waals surface area (Å²) in [6.45, 7) is 1.71. The van der Waals surface area contributed by atoms with Gasteiger partial charge in [0.15, 0.2) is 0 Å². The molecular weight excluding hydrogens is 404 g/mol. The zero-order valence-electron chi connectivity index (χ0n) is 16.0. The first-order valence-corrected chi connectivity index (χ1v) is 11.6. The average Bonchev–Trinajstić information content (AvgIpc) is 2.75. The minimum atomic E-state index is -3.89. The molecule has 1 amide bonds. The van der Waals surface area contributed by atoms with Gasteiger partial charge in [-0.15, -0.1) is 11.8 Å². The van der Waals surface area contributed by atoms with E-state index < -0.39 is 15.9 Å². The summed E-state index contributed by atoms with van der Waals surface area (Å²) < 4.78 is 27.6. The number of nitrogens with one attached hydrogen (secondary N) is 1. The van der Waals surface area contributed by atoms with Crippen LogP contribution in [-0.4, -0.2) is 26.6 Å². The maximum absolute atomic E-state index is 13.2. The molecule has 0 saturated heterocycles. The Morgan fingerprint density at radius 1 is 0.897 bits per heavy atom. The van der Waals surface area contributed by atoms with Crippen molar-refractivity contribution in [2.75, 3.05) is 21.9 Å². The van der Waals surface area contributed by atoms with E-state index in [2.05, 4.69) is 5.32 Å². The maximum Gasteiger partial charge on any atom is 0.264 e. The molecule has 3 aromatic rings. The largest absolute Gasteiger partial charge is 0.323 e. The second kappa shape index (κ2) is 9.62. The van der Waals surface area contributed by atoms with Crippen LogP contribution in [0.25, 0.3) is 0 Å². The Hall–Kier alpha value is -2.77. The molecule has 0 saturated carbocycles. The third kappa shape index (κ3) is 5.19. The molecule has 1 N–H and O–H groups in total. The van der Waals surface area contributed by atoms with Crippen LogP contribution in [0.2, 0.25) is 0 Å². The smallest absolute Gasteiger partial charge is 0.264 e. The molecule has 3 aromatic carbocycles. The Morgan fingerprint density at radius 2 is 1.48 bits per heavy atom. The number of sulfonamides is 1. The van der Waals surface area contributed by atoms with Crippen molar-refractivity contribution in [2.24, 2.45) is 0 Å². The number of anilines is 2. The van der Waals surface area contributed by atoms with E-state index in [-0.39, 0.29) is 11.4 Å². The van der Waals surface area contributed by atoms with Gasteiger partial charge in [0.05, 0.1) is 16.3 Å². The van der Waals surface area contributed by atoms with E-state index in [0.717, 1.165) is 15.0 Å². The van der Waals surface area contributed by atoms with E-state index in [1.54, 1.807) is 60.3 Å². The van der Waals surface area contributed by atoms with E-state index in [9.17, 15) is 13.2 Å². The van der Waals surface area contributed by atoms with Gasteiger partial charge in [0, 0.05) is 4.90 Å². The molecule has 150 valence electrons. The Kier molecular flexibility index (Phi) is 6.95. The van der Waals surface area contributed by atoms with Gasteiger partial charge >= 0.3 is 0 Å². The summed E-state index contributed by atoms with van der Waals surface area (Å²) in [7, 11) is -3.89. The van der Waals surface area contributed by atoms with Crippen LogP contribution in [0.15, 0.2) is 94.7 Å². The van der Waals surface area contributed by atoms with Crippen molar-refractivity contribution in [3.63, 3.8) is 0 Å². The van der Waals surface area contributed by atoms with E-state index in [4.69, 9.17) is 0 Å². The fourth-order valence-electron chi connectivity index (χ4n) is 2.80. The van der Waals surface area contributed by atoms with Gasteiger partial charge in [-0.3, -0.25) is 9.10 Å². The minimum Gasteiger partial charge on any atom is -0.323 e. The highest BCUT2D eigenvalue weighted by atomic mass is 32.2. The summed E-state index contributed by atoms with van der Waals surface area (Å²) in [4.78, 5) is 13.9. The van der Waals surface area contributed by atoms with Gasteiger partial charge in [0.2, 0.25) is 5.91 Å². The fraction of sp³-hybridized carbons (Fsp3) is 0.136. The van der Waals surface area contributed by atoms with Crippen molar-refractivity contribution >= 4 is 39.1 Å². The van der Waals surface area contributed by atoms with Gasteiger partial charge in [-0.25, -0.2) is 8.42 Å². The lowest BCUT2D eigenvalue weighted by molar-refractivity contribution is -0.114. The van der Waals surface area contributed by atoms with Crippen molar-refractivity contribution in [1.82, 2.24) is 0 Å². The van der Waals surface area contributed by atoms with Crippen molar-refractivity contribution in [1.29, 1.82) is 0 Å². The molecule has 7 heteroatoms. The number of benzene rings is 3. The summed E-state index contributed by atoms with van der Waals surface area (Å²) in [5.74, 6) is 0.461. The second-order valence-electron chi connectivity index (χ2n) is 6.14. The van der Waals surface area contributed by atoms with Crippen molar-refractivity contribution in [2.45, 2.75) is 16.7 Å². The standard InChI is InChI=1S/C22H22N2O3S2/c1-2-28-21-16-10-9-15-20(21)23-22(25)17-24(18-11-5-3-6-12-18)29(26,27)19-13-7-4-8-14-19/h3-16H,2,17H2,1H3,(H,23,25). The van der Waals surface area contributed by atoms with Crippen LogP contribution >= 0.6 is 11.8 Å². The summed E-state index contributed by atoms with van der Waals surface area (Å²) in [6, 6.07) is 24.2. The monoisotopic (exact) mass is 426 g/mol. The first-order chi connectivity index (χ1) is 14.0. The molecule has 0 atom stereocenters. The van der Waals surface area contributed by atoms with E-state index >= 15 is 0 Å². The lowest BCUT2D eigenvalue weighted by atomic mass is 10.3. The van der Waals surface area contributed by atoms with Crippen LogP contribution in [0.4, 0.5) is 11.4 Å². The zero-order valence-corrected chi connectivity index (χ0v) is 17.6. The highest BCUT2D eigenvalue weighted by Gasteiger charge is 2.27. The van der Waals surface area contributed by atoms with Crippen LogP contribution in [0, 0.1) is 0 Å². The summed E-state index contributed by atoms with van der Waals surface area (Å²) in [6.07, 6.45) is 0. The van der Waals surface area contributed by atoms with Crippen LogP contribution in [0.3, 0.4) is 0 Å². The van der Waals surface area contributed by atoms with Crippen molar-refractivity contribution < 1.29 is 13.2 Å². The van der Waals surface area contributed by atoms with Gasteiger partial charge in [-0.2, -0.15) is 0 Å². The molecule has 0 aliphatic rings. The summed E-state index contributed by atoms with van der Waals surface area (Å²) in [5, 5.41) is 2.85. The van der Waals surface area contributed by atoms with Gasteiger partial charge in [-0.05, 0) is 42.2 Å². The normalized spacial score (nSPS) is 11.1. The molecule has 0 aliphatic carbocycles. The predicted octanol–water partition coefficient (Wildman–Crippen LogP) is 4.63. The number of carbonyl (C=O) groups excluding carboxylic acids is 1. The number of para-hydroxylation sites is 2. The SMILES string of the molecule is CCSc1ccccc1NC(=O)CN(c1ccccc1)S(=O)(=O)c1ccccc1. The third-order valence-corrected chi connectivity index (χ3v) is 6.87. The van der Waals surface area contributed by atoms with Gasteiger partial charge in [0.1, 0.15) is 6.54 Å². The molecule has 0 fully saturated rings. The van der Waals surface area contributed by atoms with E-state index in [0.29, 0.717) is 11.4 Å². The van der Waals surface area contributed by atoms with Crippen molar-refractivity contribution in [3.05, 3.63) is 84.9 Å². The molecule has 0 heterocycles. The number of thioether (sulfide) groups is 1. The minimum absolute atomic E-state index is 0.138. The number of amides is 1. The number of hydrogen-bond donors (Lipinski definition) is 1. The van der Waals surface area contributed by atoms with Gasteiger partial charge < -0.3 is 5.32 Å². The first-order valence-electron chi connectivity index (χ1n) is 9.17. The topological polar surface area (TPSA) is 66.5 Å². The maximum atomic E-state index is 13.2. The Balaban J connectivity index is 1.90. The molecular formula is C22H22N2O3S2. The number of carbonyl (C=O) groups is 1. The second-order valence-corrected chi connectivity index (χ2v) is 9.31. The highest BCUT2D eigenvalue weighted by molar-refractivity contribution is 7.99. The van der Waals surface area contributed by atoms with Crippen LogP contribution < -0.4 is 9.62 Å². The number of hydrogen-bond acceptors (Lipinski definition) is 4. The van der Waals surface area contributed by atoms with Gasteiger partial charge in [0.25, 0.3) is 10.0 Å². The van der Waals surface area contributed by atoms with Crippen molar-refractivity contribution in [3.8, 4) is 0 Å². The molecule has 0 bridgehead atoms. The van der Waals surface area contributed by atoms with Gasteiger partial charge in [-0.1, -0.05) is 55.5 Å². The fourth-order valence-corrected chi connectivity index (χ4v) is 5.00. The molecule has 0 unspecified atom stereocenters. The lowest BCUT2D eigenvalue weighted by Gasteiger charge is -2.24. The molecule has 5 nitrogen and oxygen atoms in total. The van der Waals surface area contributed by atoms with Crippen LogP contribution in [-0.2, 0) is 14.8 Å². The van der Waals surface area contributed by atoms with Crippen LogP contribution in [0.5, 0.6) is 0 Å². The lowest BCUT2D eigenvalue weighted by Crippen LogP contribution is -2.38. The highest BCUT2D eigenvalue weighted by Crippen LogP contribution is 2.27. The van der Waals surface area contributed by atoms with E-state index in [1.165, 1.54) is 12.1 Å². The average molecular weight is 427 g/mol. The van der Waals surface area contributed by atoms with Crippen LogP contribution in [0.1, 0.15) is 6.92 Å². The zero-order chi connectivity index (χ0) is 20.7. The Bertz CT molecular complexity index is 1060. The quantitative estimate of drug-likeness (QED) is 0.533. The molecule has 0 aliphatic heterocycles. The molecule has 0 aromatic heterocycles. The summed E-state index contributed by atoms with van der Waals surface area (Å²) in [5.41, 5.74) is 1.11. The van der Waals surface area contributed by atoms with E-state index in [1.807, 2.05) is 31.2 Å². The molecule has 0 spiro atoms. The summed E-state index contributed by atoms with van der Waals surface area (Å²) >= 11 is 1.61. The first kappa shape index (κ1) is 21.0. The Morgan fingerprint density at radius 3 is 2.14 bits per heavy atom. The molecule has 3 rings (SSSR count). The third-order valence-electron chi connectivity index (χ3n) is 4.12. The molecule has 0 radical (unpaired) electrons. The number of nitrogens with zero attached hydrogens (tertiary/aromatic N) is 1. The number of rotatable bonds is 8. The predicted molar refractivity (Wildman–Crippen MR) is 119 cm³/mol. The molecule has 29 heavy (non-hydrogen) atoms. The Labute approximate surface area is 175 Å².